The Kier molecular flexibility index (Phi) is 3.43. The van der Waals surface area contributed by atoms with Crippen molar-refractivity contribution >= 4 is 5.69 Å². The lowest BCUT2D eigenvalue weighted by Crippen LogP contribution is -2.31. The van der Waals surface area contributed by atoms with Crippen molar-refractivity contribution < 1.29 is 4.39 Å². The van der Waals surface area contributed by atoms with Crippen LogP contribution in [0.1, 0.15) is 5.56 Å². The molecule has 0 bridgehead atoms. The normalized spacial score (nSPS) is 13.6. The lowest BCUT2D eigenvalue weighted by atomic mass is 10.2. The second kappa shape index (κ2) is 5.00. The lowest BCUT2D eigenvalue weighted by molar-refractivity contribution is 0.627. The van der Waals surface area contributed by atoms with E-state index in [-0.39, 0.29) is 5.82 Å². The van der Waals surface area contributed by atoms with Gasteiger partial charge in [0.2, 0.25) is 0 Å². The van der Waals surface area contributed by atoms with Gasteiger partial charge >= 0.3 is 0 Å². The van der Waals surface area contributed by atoms with Crippen LogP contribution in [-0.4, -0.2) is 26.2 Å². The Balaban J connectivity index is 1.95. The zero-order valence-corrected chi connectivity index (χ0v) is 9.17. The summed E-state index contributed by atoms with van der Waals surface area (Å²) in [5.41, 5.74) is 2.26. The first-order chi connectivity index (χ1) is 7.81. The fraction of sp³-hybridized carbons (Fsp3) is 0.385. The number of nitrogens with zero attached hydrogens (tertiary/aromatic N) is 1. The molecule has 0 amide bonds. The minimum Gasteiger partial charge on any atom is -0.370 e. The molecule has 0 aliphatic carbocycles. The van der Waals surface area contributed by atoms with Crippen molar-refractivity contribution in [2.75, 3.05) is 31.1 Å². The number of hydrogen-bond acceptors (Lipinski definition) is 2. The van der Waals surface area contributed by atoms with Crippen molar-refractivity contribution in [3.05, 3.63) is 29.6 Å². The van der Waals surface area contributed by atoms with Gasteiger partial charge in [-0.15, -0.1) is 6.42 Å². The smallest absolute Gasteiger partial charge is 0.125 e. The molecule has 0 atom stereocenters. The molecule has 1 N–H and O–H groups in total. The zero-order chi connectivity index (χ0) is 11.4. The lowest BCUT2D eigenvalue weighted by Gasteiger charge is -2.19. The van der Waals surface area contributed by atoms with Crippen LogP contribution in [0.2, 0.25) is 0 Å². The first-order valence-corrected chi connectivity index (χ1v) is 5.49. The van der Waals surface area contributed by atoms with Gasteiger partial charge in [-0.2, -0.15) is 0 Å². The molecule has 0 fully saturated rings. The fourth-order valence-corrected chi connectivity index (χ4v) is 2.03. The number of fused-ring (bicyclic) bond motifs is 1. The van der Waals surface area contributed by atoms with Crippen molar-refractivity contribution in [3.63, 3.8) is 0 Å². The van der Waals surface area contributed by atoms with Crippen LogP contribution >= 0.6 is 0 Å². The summed E-state index contributed by atoms with van der Waals surface area (Å²) >= 11 is 0. The maximum atomic E-state index is 13.1. The molecule has 1 aromatic rings. The number of halogens is 1. The van der Waals surface area contributed by atoms with Crippen LogP contribution in [-0.2, 0) is 6.42 Å². The standard InChI is InChI=1S/C13H15FN2/c1-2-6-15-7-9-16-8-5-11-3-4-12(14)10-13(11)16/h1,3-4,10,15H,5-9H2. The number of terminal acetylenes is 1. The van der Waals surface area contributed by atoms with Gasteiger partial charge in [-0.25, -0.2) is 4.39 Å². The first kappa shape index (κ1) is 11.0. The number of rotatable bonds is 4. The van der Waals surface area contributed by atoms with E-state index in [9.17, 15) is 4.39 Å². The van der Waals surface area contributed by atoms with Gasteiger partial charge in [0.05, 0.1) is 6.54 Å². The van der Waals surface area contributed by atoms with E-state index in [1.807, 2.05) is 6.07 Å². The van der Waals surface area contributed by atoms with Gasteiger partial charge in [0.15, 0.2) is 0 Å². The molecular weight excluding hydrogens is 203 g/mol. The SMILES string of the molecule is C#CCNCCN1CCc2ccc(F)cc21. The number of nitrogens with one attached hydrogen (secondary N) is 1. The molecule has 0 saturated heterocycles. The summed E-state index contributed by atoms with van der Waals surface area (Å²) in [5.74, 6) is 2.37. The summed E-state index contributed by atoms with van der Waals surface area (Å²) in [7, 11) is 0. The van der Waals surface area contributed by atoms with Gasteiger partial charge in [0, 0.05) is 25.3 Å². The van der Waals surface area contributed by atoms with Crippen molar-refractivity contribution in [2.24, 2.45) is 0 Å². The average molecular weight is 218 g/mol. The molecule has 1 aliphatic rings. The summed E-state index contributed by atoms with van der Waals surface area (Å²) in [4.78, 5) is 2.20. The maximum Gasteiger partial charge on any atom is 0.125 e. The first-order valence-electron chi connectivity index (χ1n) is 5.49. The van der Waals surface area contributed by atoms with Crippen LogP contribution in [0.5, 0.6) is 0 Å². The molecule has 2 nitrogen and oxygen atoms in total. The Morgan fingerprint density at radius 3 is 3.19 bits per heavy atom. The third-order valence-corrected chi connectivity index (χ3v) is 2.82. The van der Waals surface area contributed by atoms with Crippen molar-refractivity contribution in [1.29, 1.82) is 0 Å². The predicted molar refractivity (Wildman–Crippen MR) is 64.0 cm³/mol. The van der Waals surface area contributed by atoms with E-state index in [1.54, 1.807) is 6.07 Å². The molecule has 2 rings (SSSR count). The largest absolute Gasteiger partial charge is 0.370 e. The summed E-state index contributed by atoms with van der Waals surface area (Å²) < 4.78 is 13.1. The predicted octanol–water partition coefficient (Wildman–Crippen LogP) is 1.41. The third kappa shape index (κ3) is 2.34. The molecule has 0 unspecified atom stereocenters. The summed E-state index contributed by atoms with van der Waals surface area (Å²) in [5, 5.41) is 3.14. The van der Waals surface area contributed by atoms with E-state index < -0.39 is 0 Å². The van der Waals surface area contributed by atoms with Crippen LogP contribution in [0.3, 0.4) is 0 Å². The molecule has 16 heavy (non-hydrogen) atoms. The number of anilines is 1. The van der Waals surface area contributed by atoms with Crippen molar-refractivity contribution in [1.82, 2.24) is 5.32 Å². The summed E-state index contributed by atoms with van der Waals surface area (Å²) in [6, 6.07) is 5.02. The highest BCUT2D eigenvalue weighted by atomic mass is 19.1. The van der Waals surface area contributed by atoms with Crippen LogP contribution < -0.4 is 10.2 Å². The topological polar surface area (TPSA) is 15.3 Å². The van der Waals surface area contributed by atoms with Crippen molar-refractivity contribution in [3.8, 4) is 12.3 Å². The van der Waals surface area contributed by atoms with Gasteiger partial charge in [-0.05, 0) is 24.1 Å². The van der Waals surface area contributed by atoms with Gasteiger partial charge in [0.1, 0.15) is 5.82 Å². The molecular formula is C13H15FN2. The Hall–Kier alpha value is -1.53. The molecule has 0 spiro atoms. The van der Waals surface area contributed by atoms with Gasteiger partial charge in [-0.3, -0.25) is 0 Å². The Morgan fingerprint density at radius 2 is 2.38 bits per heavy atom. The van der Waals surface area contributed by atoms with Crippen LogP contribution in [0, 0.1) is 18.2 Å². The maximum absolute atomic E-state index is 13.1. The van der Waals surface area contributed by atoms with E-state index >= 15 is 0 Å². The second-order valence-corrected chi connectivity index (χ2v) is 3.89. The van der Waals surface area contributed by atoms with E-state index in [2.05, 4.69) is 16.1 Å². The fourth-order valence-electron chi connectivity index (χ4n) is 2.03. The highest BCUT2D eigenvalue weighted by Crippen LogP contribution is 2.27. The minimum atomic E-state index is -0.165. The molecule has 84 valence electrons. The Morgan fingerprint density at radius 1 is 1.50 bits per heavy atom. The third-order valence-electron chi connectivity index (χ3n) is 2.82. The van der Waals surface area contributed by atoms with E-state index in [0.717, 1.165) is 31.7 Å². The molecule has 3 heteroatoms. The van der Waals surface area contributed by atoms with Crippen LogP contribution in [0.15, 0.2) is 18.2 Å². The molecule has 0 aromatic heterocycles. The molecule has 0 radical (unpaired) electrons. The summed E-state index contributed by atoms with van der Waals surface area (Å²) in [6.45, 7) is 3.26. The minimum absolute atomic E-state index is 0.165. The molecule has 1 aliphatic heterocycles. The molecule has 0 saturated carbocycles. The quantitative estimate of drug-likeness (QED) is 0.607. The Labute approximate surface area is 95.5 Å². The highest BCUT2D eigenvalue weighted by Gasteiger charge is 2.18. The molecule has 1 heterocycles. The highest BCUT2D eigenvalue weighted by molar-refractivity contribution is 5.58. The van der Waals surface area contributed by atoms with Gasteiger partial charge in [0.25, 0.3) is 0 Å². The van der Waals surface area contributed by atoms with Crippen molar-refractivity contribution in [2.45, 2.75) is 6.42 Å². The monoisotopic (exact) mass is 218 g/mol. The zero-order valence-electron chi connectivity index (χ0n) is 9.17. The number of hydrogen-bond donors (Lipinski definition) is 1. The van der Waals surface area contributed by atoms with Gasteiger partial charge < -0.3 is 10.2 Å². The second-order valence-electron chi connectivity index (χ2n) is 3.89. The molecule has 1 aromatic carbocycles. The van der Waals surface area contributed by atoms with Crippen LogP contribution in [0.4, 0.5) is 10.1 Å². The van der Waals surface area contributed by atoms with E-state index in [1.165, 1.54) is 11.6 Å². The van der Waals surface area contributed by atoms with Gasteiger partial charge in [-0.1, -0.05) is 12.0 Å². The van der Waals surface area contributed by atoms with Crippen LogP contribution in [0.25, 0.3) is 0 Å². The van der Waals surface area contributed by atoms with E-state index in [4.69, 9.17) is 6.42 Å². The number of benzene rings is 1. The average Bonchev–Trinajstić information content (AvgIpc) is 2.67. The Bertz CT molecular complexity index is 409. The summed E-state index contributed by atoms with van der Waals surface area (Å²) in [6.07, 6.45) is 6.15. The van der Waals surface area contributed by atoms with E-state index in [0.29, 0.717) is 6.54 Å².